The number of nitrogens with zero attached hydrogens (tertiary/aromatic N) is 4. The van der Waals surface area contributed by atoms with Crippen molar-refractivity contribution in [2.75, 3.05) is 45.2 Å². The summed E-state index contributed by atoms with van der Waals surface area (Å²) in [5, 5.41) is 14.6. The first-order valence-electron chi connectivity index (χ1n) is 12.5. The Balaban J connectivity index is 1.32. The van der Waals surface area contributed by atoms with Gasteiger partial charge < -0.3 is 19.8 Å². The van der Waals surface area contributed by atoms with Crippen molar-refractivity contribution in [1.82, 2.24) is 19.5 Å². The molecule has 0 saturated carbocycles. The van der Waals surface area contributed by atoms with Gasteiger partial charge in [0.2, 0.25) is 10.0 Å². The van der Waals surface area contributed by atoms with Gasteiger partial charge in [0.25, 0.3) is 0 Å². The third-order valence-corrected chi connectivity index (χ3v) is 8.35. The van der Waals surface area contributed by atoms with E-state index in [-0.39, 0.29) is 23.5 Å². The minimum absolute atomic E-state index is 0.00482. The highest BCUT2D eigenvalue weighted by Crippen LogP contribution is 2.32. The Hall–Kier alpha value is -4.25. The van der Waals surface area contributed by atoms with Crippen LogP contribution in [0.2, 0.25) is 0 Å². The highest BCUT2D eigenvalue weighted by atomic mass is 32.2. The molecular formula is C27H30N6O6S. The zero-order valence-electron chi connectivity index (χ0n) is 22.4. The summed E-state index contributed by atoms with van der Waals surface area (Å²) in [5.74, 6) is -0.709. The van der Waals surface area contributed by atoms with Gasteiger partial charge in [-0.05, 0) is 38.1 Å². The summed E-state index contributed by atoms with van der Waals surface area (Å²) < 4.78 is 38.2. The van der Waals surface area contributed by atoms with Crippen molar-refractivity contribution >= 4 is 27.5 Å². The van der Waals surface area contributed by atoms with E-state index in [9.17, 15) is 23.3 Å². The summed E-state index contributed by atoms with van der Waals surface area (Å²) in [6.45, 7) is 5.30. The molecule has 1 fully saturated rings. The fourth-order valence-electron chi connectivity index (χ4n) is 4.52. The summed E-state index contributed by atoms with van der Waals surface area (Å²) in [5.41, 5.74) is 0.340. The number of carbonyl (C=O) groups excluding carboxylic acids is 2. The first-order valence-corrected chi connectivity index (χ1v) is 13.9. The van der Waals surface area contributed by atoms with Crippen LogP contribution in [0.3, 0.4) is 0 Å². The molecule has 2 aromatic carbocycles. The number of aromatic nitrogens is 1. The molecule has 2 N–H and O–H groups in total. The van der Waals surface area contributed by atoms with Crippen molar-refractivity contribution in [2.45, 2.75) is 24.3 Å². The normalized spacial score (nSPS) is 14.8. The van der Waals surface area contributed by atoms with Gasteiger partial charge in [0.15, 0.2) is 12.2 Å². The monoisotopic (exact) mass is 566 g/mol. The van der Waals surface area contributed by atoms with E-state index in [4.69, 9.17) is 9.15 Å². The van der Waals surface area contributed by atoms with Gasteiger partial charge >= 0.3 is 11.8 Å². The molecule has 1 saturated heterocycles. The number of hydrogen-bond acceptors (Lipinski definition) is 9. The van der Waals surface area contributed by atoms with Crippen LogP contribution >= 0.6 is 0 Å². The minimum Gasteiger partial charge on any atom is -0.496 e. The average Bonchev–Trinajstić information content (AvgIpc) is 3.47. The lowest BCUT2D eigenvalue weighted by atomic mass is 10.0. The van der Waals surface area contributed by atoms with Gasteiger partial charge in [0.1, 0.15) is 11.8 Å². The van der Waals surface area contributed by atoms with Gasteiger partial charge in [-0.3, -0.25) is 14.5 Å². The van der Waals surface area contributed by atoms with Crippen LogP contribution in [0.1, 0.15) is 19.4 Å². The number of rotatable bonds is 8. The van der Waals surface area contributed by atoms with Gasteiger partial charge in [-0.2, -0.15) is 9.57 Å². The lowest BCUT2D eigenvalue weighted by Gasteiger charge is -2.38. The van der Waals surface area contributed by atoms with E-state index >= 15 is 0 Å². The number of nitrogens with one attached hydrogen (secondary N) is 2. The largest absolute Gasteiger partial charge is 0.496 e. The Labute approximate surface area is 232 Å². The Morgan fingerprint density at radius 1 is 1.12 bits per heavy atom. The Kier molecular flexibility index (Phi) is 8.53. The summed E-state index contributed by atoms with van der Waals surface area (Å²) >= 11 is 0. The van der Waals surface area contributed by atoms with Gasteiger partial charge in [-0.25, -0.2) is 13.4 Å². The summed E-state index contributed by atoms with van der Waals surface area (Å²) in [6.07, 6.45) is 2.84. The smallest absolute Gasteiger partial charge is 0.313 e. The third kappa shape index (κ3) is 6.48. The van der Waals surface area contributed by atoms with Crippen LogP contribution in [0, 0.1) is 11.3 Å². The molecule has 1 aliphatic rings. The number of sulfonamides is 1. The molecule has 1 aromatic heterocycles. The van der Waals surface area contributed by atoms with Crippen LogP contribution in [-0.4, -0.2) is 79.8 Å². The quantitative estimate of drug-likeness (QED) is 0.389. The Morgan fingerprint density at radius 2 is 1.85 bits per heavy atom. The number of hydrogen-bond donors (Lipinski definition) is 2. The molecule has 40 heavy (non-hydrogen) atoms. The van der Waals surface area contributed by atoms with E-state index in [1.54, 1.807) is 44.2 Å². The van der Waals surface area contributed by atoms with Crippen molar-refractivity contribution in [2.24, 2.45) is 0 Å². The standard InChI is InChI=1S/C27H30N6O6S/c1-27(2,17-32-10-12-33(13-11-32)40(36,37)24-7-5-4-6-19(24)15-28)31-26(35)25(34)30-20-8-9-21(22(14-20)38-3)23-16-29-18-39-23/h4-9,14,16,18H,10-13,17H2,1-3H3,(H,30,34)(H,31,35). The SMILES string of the molecule is COc1cc(NC(=O)C(=O)NC(C)(C)CN2CCN(S(=O)(=O)c3ccccc3C#N)CC2)ccc1-c1cnco1. The van der Waals surface area contributed by atoms with Crippen molar-refractivity contribution in [3.63, 3.8) is 0 Å². The number of benzene rings is 2. The van der Waals surface area contributed by atoms with Crippen molar-refractivity contribution in [1.29, 1.82) is 5.26 Å². The van der Waals surface area contributed by atoms with Gasteiger partial charge in [0, 0.05) is 50.0 Å². The maximum atomic E-state index is 13.1. The molecule has 0 atom stereocenters. The van der Waals surface area contributed by atoms with E-state index in [1.165, 1.54) is 36.1 Å². The predicted octanol–water partition coefficient (Wildman–Crippen LogP) is 2.06. The van der Waals surface area contributed by atoms with Crippen LogP contribution < -0.4 is 15.4 Å². The van der Waals surface area contributed by atoms with Crippen LogP contribution in [0.15, 0.2) is 64.4 Å². The van der Waals surface area contributed by atoms with Crippen molar-refractivity contribution in [3.05, 3.63) is 60.6 Å². The fraction of sp³-hybridized carbons (Fsp3) is 0.333. The minimum atomic E-state index is -3.81. The van der Waals surface area contributed by atoms with Crippen molar-refractivity contribution in [3.8, 4) is 23.1 Å². The maximum Gasteiger partial charge on any atom is 0.313 e. The number of piperazine rings is 1. The van der Waals surface area contributed by atoms with Crippen LogP contribution in [0.5, 0.6) is 5.75 Å². The number of carbonyl (C=O) groups is 2. The van der Waals surface area contributed by atoms with Crippen LogP contribution in [0.4, 0.5) is 5.69 Å². The molecule has 0 unspecified atom stereocenters. The predicted molar refractivity (Wildman–Crippen MR) is 146 cm³/mol. The number of methoxy groups -OCH3 is 1. The second kappa shape index (κ2) is 11.9. The molecule has 0 radical (unpaired) electrons. The lowest BCUT2D eigenvalue weighted by molar-refractivity contribution is -0.137. The third-order valence-electron chi connectivity index (χ3n) is 6.39. The van der Waals surface area contributed by atoms with Crippen LogP contribution in [0.25, 0.3) is 11.3 Å². The topological polar surface area (TPSA) is 158 Å². The van der Waals surface area contributed by atoms with Gasteiger partial charge in [0.05, 0.1) is 29.3 Å². The molecule has 3 aromatic rings. The van der Waals surface area contributed by atoms with Gasteiger partial charge in [-0.15, -0.1) is 0 Å². The molecule has 2 amide bonds. The summed E-state index contributed by atoms with van der Waals surface area (Å²) in [7, 11) is -2.33. The maximum absolute atomic E-state index is 13.1. The number of ether oxygens (including phenoxy) is 1. The van der Waals surface area contributed by atoms with E-state index < -0.39 is 27.4 Å². The fourth-order valence-corrected chi connectivity index (χ4v) is 6.09. The molecule has 0 bridgehead atoms. The Bertz CT molecular complexity index is 1520. The van der Waals surface area contributed by atoms with E-state index in [0.29, 0.717) is 42.4 Å². The van der Waals surface area contributed by atoms with Crippen LogP contribution in [-0.2, 0) is 19.6 Å². The highest BCUT2D eigenvalue weighted by molar-refractivity contribution is 7.89. The number of anilines is 1. The number of oxazole rings is 1. The highest BCUT2D eigenvalue weighted by Gasteiger charge is 2.33. The van der Waals surface area contributed by atoms with E-state index in [0.717, 1.165) is 0 Å². The second-order valence-corrected chi connectivity index (χ2v) is 11.8. The molecular weight excluding hydrogens is 536 g/mol. The number of amides is 2. The molecule has 0 aliphatic carbocycles. The van der Waals surface area contributed by atoms with E-state index in [2.05, 4.69) is 15.6 Å². The summed E-state index contributed by atoms with van der Waals surface area (Å²) in [4.78, 5) is 31.2. The second-order valence-electron chi connectivity index (χ2n) is 9.86. The molecule has 210 valence electrons. The molecule has 4 rings (SSSR count). The molecule has 12 nitrogen and oxygen atoms in total. The average molecular weight is 567 g/mol. The zero-order chi connectivity index (χ0) is 28.9. The summed E-state index contributed by atoms with van der Waals surface area (Å²) in [6, 6.07) is 13.0. The number of nitriles is 1. The lowest BCUT2D eigenvalue weighted by Crippen LogP contribution is -2.57. The van der Waals surface area contributed by atoms with E-state index in [1.807, 2.05) is 11.0 Å². The molecule has 1 aliphatic heterocycles. The first-order chi connectivity index (χ1) is 19.0. The molecule has 2 heterocycles. The first kappa shape index (κ1) is 28.8. The van der Waals surface area contributed by atoms with Crippen molar-refractivity contribution < 1.29 is 27.2 Å². The molecule has 0 spiro atoms. The molecule has 13 heteroatoms. The zero-order valence-corrected chi connectivity index (χ0v) is 23.2. The Morgan fingerprint density at radius 3 is 2.50 bits per heavy atom. The van der Waals surface area contributed by atoms with Gasteiger partial charge in [-0.1, -0.05) is 12.1 Å².